The SMILES string of the molecule is COC(=O)c1cc(C)cc(N)c1-c1ccc(C)cc1. The van der Waals surface area contributed by atoms with Gasteiger partial charge in [0.25, 0.3) is 0 Å². The molecule has 19 heavy (non-hydrogen) atoms. The number of aryl methyl sites for hydroxylation is 2. The quantitative estimate of drug-likeness (QED) is 0.661. The van der Waals surface area contributed by atoms with E-state index in [2.05, 4.69) is 0 Å². The largest absolute Gasteiger partial charge is 0.465 e. The molecule has 98 valence electrons. The number of anilines is 1. The highest BCUT2D eigenvalue weighted by Crippen LogP contribution is 2.31. The van der Waals surface area contributed by atoms with Gasteiger partial charge in [-0.15, -0.1) is 0 Å². The minimum Gasteiger partial charge on any atom is -0.465 e. The van der Waals surface area contributed by atoms with Gasteiger partial charge in [0, 0.05) is 11.3 Å². The van der Waals surface area contributed by atoms with Crippen molar-refractivity contribution >= 4 is 11.7 Å². The fraction of sp³-hybridized carbons (Fsp3) is 0.188. The molecule has 0 aromatic heterocycles. The third kappa shape index (κ3) is 2.60. The summed E-state index contributed by atoms with van der Waals surface area (Å²) < 4.78 is 4.84. The van der Waals surface area contributed by atoms with Crippen molar-refractivity contribution in [2.45, 2.75) is 13.8 Å². The summed E-state index contributed by atoms with van der Waals surface area (Å²) in [6.45, 7) is 3.92. The Balaban J connectivity index is 2.67. The molecule has 0 bridgehead atoms. The molecule has 0 saturated heterocycles. The molecule has 0 fully saturated rings. The number of ether oxygens (including phenoxy) is 1. The van der Waals surface area contributed by atoms with Crippen LogP contribution in [0.4, 0.5) is 5.69 Å². The van der Waals surface area contributed by atoms with Gasteiger partial charge in [0.2, 0.25) is 0 Å². The number of nitrogens with two attached hydrogens (primary N) is 1. The number of rotatable bonds is 2. The molecule has 3 nitrogen and oxygen atoms in total. The van der Waals surface area contributed by atoms with Gasteiger partial charge in [-0.3, -0.25) is 0 Å². The lowest BCUT2D eigenvalue weighted by Gasteiger charge is -2.13. The molecule has 2 rings (SSSR count). The van der Waals surface area contributed by atoms with Crippen LogP contribution < -0.4 is 5.73 Å². The highest BCUT2D eigenvalue weighted by Gasteiger charge is 2.16. The minimum absolute atomic E-state index is 0.369. The number of esters is 1. The number of benzene rings is 2. The first-order chi connectivity index (χ1) is 9.02. The first kappa shape index (κ1) is 13.1. The van der Waals surface area contributed by atoms with Crippen LogP contribution in [0, 0.1) is 13.8 Å². The van der Waals surface area contributed by atoms with Crippen LogP contribution in [0.2, 0.25) is 0 Å². The van der Waals surface area contributed by atoms with Crippen molar-refractivity contribution in [2.75, 3.05) is 12.8 Å². The Kier molecular flexibility index (Phi) is 3.56. The second kappa shape index (κ2) is 5.14. The summed E-state index contributed by atoms with van der Waals surface area (Å²) in [6, 6.07) is 11.6. The Bertz CT molecular complexity index is 615. The summed E-state index contributed by atoms with van der Waals surface area (Å²) in [6.07, 6.45) is 0. The Morgan fingerprint density at radius 2 is 1.68 bits per heavy atom. The highest BCUT2D eigenvalue weighted by molar-refractivity contribution is 6.01. The van der Waals surface area contributed by atoms with E-state index in [1.54, 1.807) is 6.07 Å². The predicted molar refractivity (Wildman–Crippen MR) is 77.1 cm³/mol. The zero-order chi connectivity index (χ0) is 14.0. The topological polar surface area (TPSA) is 52.3 Å². The van der Waals surface area contributed by atoms with E-state index < -0.39 is 0 Å². The van der Waals surface area contributed by atoms with Crippen LogP contribution in [-0.4, -0.2) is 13.1 Å². The molecule has 0 amide bonds. The summed E-state index contributed by atoms with van der Waals surface area (Å²) in [5.41, 5.74) is 10.9. The Morgan fingerprint density at radius 3 is 2.26 bits per heavy atom. The third-order valence-corrected chi connectivity index (χ3v) is 3.06. The number of hydrogen-bond donors (Lipinski definition) is 1. The highest BCUT2D eigenvalue weighted by atomic mass is 16.5. The van der Waals surface area contributed by atoms with Crippen molar-refractivity contribution in [1.82, 2.24) is 0 Å². The molecular formula is C16H17NO2. The van der Waals surface area contributed by atoms with Crippen LogP contribution in [-0.2, 0) is 4.74 Å². The molecule has 2 aromatic rings. The van der Waals surface area contributed by atoms with Gasteiger partial charge in [0.05, 0.1) is 12.7 Å². The van der Waals surface area contributed by atoms with E-state index in [-0.39, 0.29) is 5.97 Å². The summed E-state index contributed by atoms with van der Waals surface area (Å²) in [7, 11) is 1.37. The minimum atomic E-state index is -0.369. The van der Waals surface area contributed by atoms with E-state index in [1.165, 1.54) is 7.11 Å². The lowest BCUT2D eigenvalue weighted by atomic mass is 9.95. The monoisotopic (exact) mass is 255 g/mol. The zero-order valence-electron chi connectivity index (χ0n) is 11.4. The van der Waals surface area contributed by atoms with Crippen LogP contribution in [0.5, 0.6) is 0 Å². The van der Waals surface area contributed by atoms with Crippen LogP contribution in [0.15, 0.2) is 36.4 Å². The maximum Gasteiger partial charge on any atom is 0.338 e. The molecular weight excluding hydrogens is 238 g/mol. The number of carbonyl (C=O) groups excluding carboxylic acids is 1. The van der Waals surface area contributed by atoms with Crippen molar-refractivity contribution in [3.8, 4) is 11.1 Å². The summed E-state index contributed by atoms with van der Waals surface area (Å²) in [5.74, 6) is -0.369. The first-order valence-electron chi connectivity index (χ1n) is 6.08. The lowest BCUT2D eigenvalue weighted by Crippen LogP contribution is -2.06. The Labute approximate surface area is 113 Å². The molecule has 0 radical (unpaired) electrons. The molecule has 0 spiro atoms. The van der Waals surface area contributed by atoms with Crippen molar-refractivity contribution in [3.63, 3.8) is 0 Å². The average Bonchev–Trinajstić information content (AvgIpc) is 2.38. The normalized spacial score (nSPS) is 10.3. The summed E-state index contributed by atoms with van der Waals surface area (Å²) in [4.78, 5) is 11.9. The molecule has 2 aromatic carbocycles. The fourth-order valence-electron chi connectivity index (χ4n) is 2.13. The number of methoxy groups -OCH3 is 1. The molecule has 0 aliphatic rings. The van der Waals surface area contributed by atoms with Gasteiger partial charge in [-0.1, -0.05) is 29.8 Å². The van der Waals surface area contributed by atoms with Gasteiger partial charge in [0.15, 0.2) is 0 Å². The zero-order valence-corrected chi connectivity index (χ0v) is 11.4. The smallest absolute Gasteiger partial charge is 0.338 e. The number of carbonyl (C=O) groups is 1. The maximum atomic E-state index is 11.9. The van der Waals surface area contributed by atoms with E-state index in [4.69, 9.17) is 10.5 Å². The van der Waals surface area contributed by atoms with Crippen LogP contribution in [0.1, 0.15) is 21.5 Å². The standard InChI is InChI=1S/C16H17NO2/c1-10-4-6-12(7-5-10)15-13(16(18)19-3)8-11(2)9-14(15)17/h4-9H,17H2,1-3H3. The van der Waals surface area contributed by atoms with E-state index in [9.17, 15) is 4.79 Å². The summed E-state index contributed by atoms with van der Waals surface area (Å²) >= 11 is 0. The van der Waals surface area contributed by atoms with E-state index in [1.807, 2.05) is 44.2 Å². The lowest BCUT2D eigenvalue weighted by molar-refractivity contribution is 0.0601. The van der Waals surface area contributed by atoms with Crippen LogP contribution in [0.25, 0.3) is 11.1 Å². The van der Waals surface area contributed by atoms with Crippen molar-refractivity contribution < 1.29 is 9.53 Å². The molecule has 0 atom stereocenters. The predicted octanol–water partition coefficient (Wildman–Crippen LogP) is 3.34. The molecule has 2 N–H and O–H groups in total. The molecule has 0 aliphatic carbocycles. The number of hydrogen-bond acceptors (Lipinski definition) is 3. The fourth-order valence-corrected chi connectivity index (χ4v) is 2.13. The van der Waals surface area contributed by atoms with Crippen molar-refractivity contribution in [2.24, 2.45) is 0 Å². The van der Waals surface area contributed by atoms with E-state index in [0.717, 1.165) is 22.3 Å². The van der Waals surface area contributed by atoms with Gasteiger partial charge >= 0.3 is 5.97 Å². The van der Waals surface area contributed by atoms with E-state index in [0.29, 0.717) is 11.3 Å². The average molecular weight is 255 g/mol. The Morgan fingerprint density at radius 1 is 1.05 bits per heavy atom. The third-order valence-electron chi connectivity index (χ3n) is 3.06. The van der Waals surface area contributed by atoms with Crippen molar-refractivity contribution in [3.05, 3.63) is 53.1 Å². The molecule has 3 heteroatoms. The molecule has 0 aliphatic heterocycles. The van der Waals surface area contributed by atoms with Gasteiger partial charge in [-0.25, -0.2) is 4.79 Å². The van der Waals surface area contributed by atoms with Gasteiger partial charge in [0.1, 0.15) is 0 Å². The Hall–Kier alpha value is -2.29. The molecule has 0 heterocycles. The van der Waals surface area contributed by atoms with Crippen LogP contribution in [0.3, 0.4) is 0 Å². The van der Waals surface area contributed by atoms with E-state index >= 15 is 0 Å². The molecule has 0 unspecified atom stereocenters. The molecule has 0 saturated carbocycles. The summed E-state index contributed by atoms with van der Waals surface area (Å²) in [5, 5.41) is 0. The van der Waals surface area contributed by atoms with Gasteiger partial charge < -0.3 is 10.5 Å². The maximum absolute atomic E-state index is 11.9. The van der Waals surface area contributed by atoms with Gasteiger partial charge in [-0.05, 0) is 37.1 Å². The van der Waals surface area contributed by atoms with Crippen LogP contribution >= 0.6 is 0 Å². The van der Waals surface area contributed by atoms with Gasteiger partial charge in [-0.2, -0.15) is 0 Å². The first-order valence-corrected chi connectivity index (χ1v) is 6.08. The van der Waals surface area contributed by atoms with Crippen molar-refractivity contribution in [1.29, 1.82) is 0 Å². The number of nitrogen functional groups attached to an aromatic ring is 1. The second-order valence-corrected chi connectivity index (χ2v) is 4.63. The second-order valence-electron chi connectivity index (χ2n) is 4.63.